The molecule has 0 aliphatic carbocycles. The Morgan fingerprint density at radius 1 is 1.19 bits per heavy atom. The minimum absolute atomic E-state index is 0.0829. The number of hydrogen-bond donors (Lipinski definition) is 0. The molecule has 1 heterocycles. The van der Waals surface area contributed by atoms with Gasteiger partial charge in [-0.1, -0.05) is 41.9 Å². The van der Waals surface area contributed by atoms with Crippen molar-refractivity contribution in [2.24, 2.45) is 0 Å². The Hall–Kier alpha value is -1.97. The maximum absolute atomic E-state index is 12.7. The van der Waals surface area contributed by atoms with E-state index in [1.165, 1.54) is 4.90 Å². The number of halogens is 1. The third-order valence-electron chi connectivity index (χ3n) is 4.00. The number of thiazole rings is 1. The fraction of sp³-hybridized carbons (Fsp3) is 0.476. The summed E-state index contributed by atoms with van der Waals surface area (Å²) in [6.45, 7) is 5.90. The maximum atomic E-state index is 12.7. The summed E-state index contributed by atoms with van der Waals surface area (Å²) < 4.78 is 28.4. The summed E-state index contributed by atoms with van der Waals surface area (Å²) in [6, 6.07) is 9.93. The van der Waals surface area contributed by atoms with E-state index in [0.717, 1.165) is 29.6 Å². The van der Waals surface area contributed by atoms with Crippen LogP contribution in [0.3, 0.4) is 0 Å². The lowest BCUT2D eigenvalue weighted by molar-refractivity contribution is 0.0231. The van der Waals surface area contributed by atoms with E-state index in [-0.39, 0.29) is 16.6 Å². The summed E-state index contributed by atoms with van der Waals surface area (Å²) in [7, 11) is -3.50. The van der Waals surface area contributed by atoms with Gasteiger partial charge in [-0.15, -0.1) is 11.3 Å². The van der Waals surface area contributed by atoms with Gasteiger partial charge < -0.3 is 9.64 Å². The number of nitrogens with zero attached hydrogens (tertiary/aromatic N) is 2. The van der Waals surface area contributed by atoms with E-state index < -0.39 is 33.1 Å². The third-order valence-corrected chi connectivity index (χ3v) is 6.03. The van der Waals surface area contributed by atoms with Gasteiger partial charge in [-0.25, -0.2) is 18.2 Å². The molecule has 0 bridgehead atoms. The van der Waals surface area contributed by atoms with E-state index in [1.807, 2.05) is 30.3 Å². The zero-order valence-corrected chi connectivity index (χ0v) is 20.4. The molecule has 0 saturated heterocycles. The van der Waals surface area contributed by atoms with Crippen LogP contribution in [0.15, 0.2) is 30.3 Å². The van der Waals surface area contributed by atoms with Crippen LogP contribution >= 0.6 is 22.9 Å². The fourth-order valence-corrected chi connectivity index (χ4v) is 4.58. The zero-order chi connectivity index (χ0) is 23.2. The van der Waals surface area contributed by atoms with E-state index in [4.69, 9.17) is 16.3 Å². The first-order valence-corrected chi connectivity index (χ1v) is 13.0. The molecular weight excluding hydrogens is 460 g/mol. The van der Waals surface area contributed by atoms with Crippen molar-refractivity contribution >= 4 is 44.7 Å². The van der Waals surface area contributed by atoms with Gasteiger partial charge in [0, 0.05) is 12.8 Å². The van der Waals surface area contributed by atoms with Gasteiger partial charge in [0.05, 0.1) is 6.54 Å². The molecule has 0 aliphatic rings. The van der Waals surface area contributed by atoms with Gasteiger partial charge in [-0.2, -0.15) is 0 Å². The van der Waals surface area contributed by atoms with Gasteiger partial charge >= 0.3 is 6.09 Å². The van der Waals surface area contributed by atoms with Crippen LogP contribution in [0.2, 0.25) is 4.34 Å². The highest BCUT2D eigenvalue weighted by molar-refractivity contribution is 7.91. The van der Waals surface area contributed by atoms with Crippen molar-refractivity contribution in [2.45, 2.75) is 45.8 Å². The highest BCUT2D eigenvalue weighted by Crippen LogP contribution is 2.26. The Labute approximate surface area is 192 Å². The quantitative estimate of drug-likeness (QED) is 0.488. The largest absolute Gasteiger partial charge is 0.444 e. The van der Waals surface area contributed by atoms with Crippen LogP contribution in [-0.4, -0.2) is 54.3 Å². The molecule has 170 valence electrons. The minimum atomic E-state index is -3.50. The fourth-order valence-electron chi connectivity index (χ4n) is 2.73. The van der Waals surface area contributed by atoms with Gasteiger partial charge in [0.15, 0.2) is 15.6 Å². The molecule has 0 atom stereocenters. The van der Waals surface area contributed by atoms with Gasteiger partial charge in [0.1, 0.15) is 26.4 Å². The summed E-state index contributed by atoms with van der Waals surface area (Å²) in [6.07, 6.45) is 1.98. The van der Waals surface area contributed by atoms with Gasteiger partial charge in [-0.3, -0.25) is 4.79 Å². The number of carbonyl (C=O) groups is 2. The van der Waals surface area contributed by atoms with E-state index in [9.17, 15) is 18.0 Å². The second-order valence-corrected chi connectivity index (χ2v) is 12.0. The smallest absolute Gasteiger partial charge is 0.410 e. The average molecular weight is 487 g/mol. The van der Waals surface area contributed by atoms with Crippen LogP contribution in [0.4, 0.5) is 4.79 Å². The first-order valence-electron chi connectivity index (χ1n) is 9.72. The van der Waals surface area contributed by atoms with Crippen LogP contribution in [0, 0.1) is 0 Å². The van der Waals surface area contributed by atoms with Crippen molar-refractivity contribution in [1.29, 1.82) is 0 Å². The lowest BCUT2D eigenvalue weighted by atomic mass is 10.1. The molecule has 2 aromatic rings. The molecule has 7 nitrogen and oxygen atoms in total. The Morgan fingerprint density at radius 2 is 1.84 bits per heavy atom. The first-order chi connectivity index (χ1) is 14.3. The highest BCUT2D eigenvalue weighted by Gasteiger charge is 2.25. The molecule has 0 unspecified atom stereocenters. The predicted molar refractivity (Wildman–Crippen MR) is 123 cm³/mol. The summed E-state index contributed by atoms with van der Waals surface area (Å²) in [4.78, 5) is 30.7. The minimum Gasteiger partial charge on any atom is -0.444 e. The number of aromatic nitrogens is 1. The predicted octanol–water partition coefficient (Wildman–Crippen LogP) is 4.39. The zero-order valence-electron chi connectivity index (χ0n) is 18.1. The maximum Gasteiger partial charge on any atom is 0.410 e. The summed E-state index contributed by atoms with van der Waals surface area (Å²) in [5.41, 5.74) is 0.421. The molecule has 2 rings (SSSR count). The topological polar surface area (TPSA) is 93.6 Å². The first kappa shape index (κ1) is 25.3. The molecule has 0 fully saturated rings. The highest BCUT2D eigenvalue weighted by atomic mass is 35.5. The van der Waals surface area contributed by atoms with Crippen LogP contribution in [-0.2, 0) is 27.5 Å². The number of ketones is 1. The Morgan fingerprint density at radius 3 is 2.42 bits per heavy atom. The Bertz CT molecular complexity index is 1010. The van der Waals surface area contributed by atoms with E-state index in [2.05, 4.69) is 4.98 Å². The number of sulfone groups is 1. The lowest BCUT2D eigenvalue weighted by Crippen LogP contribution is -2.37. The van der Waals surface area contributed by atoms with Crippen LogP contribution in [0.1, 0.15) is 48.3 Å². The third kappa shape index (κ3) is 8.96. The summed E-state index contributed by atoms with van der Waals surface area (Å²) in [5, 5.41) is 0.437. The van der Waals surface area contributed by atoms with Crippen molar-refractivity contribution in [2.75, 3.05) is 18.6 Å². The monoisotopic (exact) mass is 486 g/mol. The van der Waals surface area contributed by atoms with E-state index in [0.29, 0.717) is 18.0 Å². The molecule has 0 spiro atoms. The molecule has 31 heavy (non-hydrogen) atoms. The van der Waals surface area contributed by atoms with E-state index >= 15 is 0 Å². The van der Waals surface area contributed by atoms with Crippen molar-refractivity contribution in [1.82, 2.24) is 9.88 Å². The second kappa shape index (κ2) is 10.6. The molecule has 1 aromatic carbocycles. The number of amides is 1. The van der Waals surface area contributed by atoms with Crippen molar-refractivity contribution in [3.63, 3.8) is 0 Å². The number of benzene rings is 1. The Kier molecular flexibility index (Phi) is 8.62. The molecule has 0 N–H and O–H groups in total. The molecule has 1 aromatic heterocycles. The number of hydrogen-bond acceptors (Lipinski definition) is 7. The van der Waals surface area contributed by atoms with Crippen molar-refractivity contribution < 1.29 is 22.7 Å². The molecule has 0 aliphatic heterocycles. The average Bonchev–Trinajstić information content (AvgIpc) is 2.99. The number of carbonyl (C=O) groups excluding carboxylic acids is 2. The SMILES string of the molecule is CC(C)(C)OC(=O)N(CCCc1ccccc1)Cc1nc(C(=O)CS(C)(=O)=O)c(Cl)s1. The Balaban J connectivity index is 2.13. The molecule has 0 radical (unpaired) electrons. The van der Waals surface area contributed by atoms with Crippen LogP contribution in [0.25, 0.3) is 0 Å². The lowest BCUT2D eigenvalue weighted by Gasteiger charge is -2.27. The molecule has 0 saturated carbocycles. The van der Waals surface area contributed by atoms with Gasteiger partial charge in [0.25, 0.3) is 0 Å². The van der Waals surface area contributed by atoms with E-state index in [1.54, 1.807) is 20.8 Å². The van der Waals surface area contributed by atoms with Crippen LogP contribution < -0.4 is 0 Å². The van der Waals surface area contributed by atoms with Crippen molar-refractivity contribution in [3.05, 3.63) is 50.9 Å². The number of aryl methyl sites for hydroxylation is 1. The van der Waals surface area contributed by atoms with Gasteiger partial charge in [0.2, 0.25) is 0 Å². The summed E-state index contributed by atoms with van der Waals surface area (Å²) in [5.74, 6) is -1.33. The standard InChI is InChI=1S/C21H27ClN2O5S2/c1-21(2,3)29-20(26)24(12-8-11-15-9-6-5-7-10-15)13-17-23-18(19(22)30-17)16(25)14-31(4,27)28/h5-7,9-10H,8,11-14H2,1-4H3. The van der Waals surface area contributed by atoms with Crippen molar-refractivity contribution in [3.8, 4) is 0 Å². The number of rotatable bonds is 9. The van der Waals surface area contributed by atoms with Crippen LogP contribution in [0.5, 0.6) is 0 Å². The number of ether oxygens (including phenoxy) is 1. The molecular formula is C21H27ClN2O5S2. The molecule has 1 amide bonds. The normalized spacial score (nSPS) is 11.9. The molecule has 10 heteroatoms. The number of Topliss-reactive ketones (excluding diaryl/α,β-unsaturated/α-hetero) is 1. The van der Waals surface area contributed by atoms with Gasteiger partial charge in [-0.05, 0) is 39.2 Å². The second-order valence-electron chi connectivity index (χ2n) is 8.21. The summed E-state index contributed by atoms with van der Waals surface area (Å²) >= 11 is 7.18.